The van der Waals surface area contributed by atoms with Crippen LogP contribution >= 0.6 is 0 Å². The number of carbonyl (C=O) groups excluding carboxylic acids is 2. The zero-order valence-electron chi connectivity index (χ0n) is 15.9. The minimum Gasteiger partial charge on any atom is -0.445 e. The van der Waals surface area contributed by atoms with Crippen molar-refractivity contribution in [1.29, 1.82) is 0 Å². The van der Waals surface area contributed by atoms with E-state index < -0.39 is 27.5 Å². The van der Waals surface area contributed by atoms with E-state index in [-0.39, 0.29) is 12.2 Å². The van der Waals surface area contributed by atoms with Crippen molar-refractivity contribution in [2.45, 2.75) is 32.8 Å². The molecular weight excluding hydrogens is 380 g/mol. The number of rotatable bonds is 5. The van der Waals surface area contributed by atoms with Crippen molar-refractivity contribution in [3.63, 3.8) is 0 Å². The molecule has 7 nitrogen and oxygen atoms in total. The monoisotopic (exact) mass is 402 g/mol. The Morgan fingerprint density at radius 1 is 1.21 bits per heavy atom. The van der Waals surface area contributed by atoms with Gasteiger partial charge in [0.05, 0.1) is 17.0 Å². The van der Waals surface area contributed by atoms with Crippen LogP contribution in [0, 0.1) is 6.92 Å². The van der Waals surface area contributed by atoms with Crippen LogP contribution in [-0.4, -0.2) is 31.6 Å². The third-order valence-corrected chi connectivity index (χ3v) is 5.98. The maximum Gasteiger partial charge on any atom is 0.339 e. The first-order valence-corrected chi connectivity index (χ1v) is 10.5. The number of fused-ring (bicyclic) bond motifs is 1. The molecule has 2 N–H and O–H groups in total. The molecule has 0 saturated carbocycles. The van der Waals surface area contributed by atoms with Gasteiger partial charge in [-0.25, -0.2) is 13.2 Å². The average Bonchev–Trinajstić information content (AvgIpc) is 2.64. The van der Waals surface area contributed by atoms with Crippen LogP contribution in [0.2, 0.25) is 0 Å². The number of carbonyl (C=O) groups is 2. The molecule has 148 valence electrons. The van der Waals surface area contributed by atoms with Crippen molar-refractivity contribution in [1.82, 2.24) is 0 Å². The summed E-state index contributed by atoms with van der Waals surface area (Å²) in [4.78, 5) is 25.1. The van der Waals surface area contributed by atoms with Crippen LogP contribution in [-0.2, 0) is 26.0 Å². The number of benzene rings is 2. The molecule has 1 unspecified atom stereocenters. The van der Waals surface area contributed by atoms with E-state index in [1.54, 1.807) is 57.2 Å². The Kier molecular flexibility index (Phi) is 5.16. The van der Waals surface area contributed by atoms with E-state index in [0.717, 1.165) is 5.56 Å². The number of nitrogens with one attached hydrogen (secondary N) is 2. The Balaban J connectivity index is 1.78. The second-order valence-corrected chi connectivity index (χ2v) is 8.95. The SMILES string of the molecule is CCS(=O)(=O)Nc1ccc(NC(=O)C2(C)Cc3ccccc3C(=O)O2)cc1C. The molecular formula is C20H22N2O5S. The van der Waals surface area contributed by atoms with Crippen LogP contribution in [0.4, 0.5) is 11.4 Å². The zero-order valence-corrected chi connectivity index (χ0v) is 16.7. The number of esters is 1. The largest absolute Gasteiger partial charge is 0.445 e. The molecule has 0 aromatic heterocycles. The molecule has 2 aromatic rings. The number of hydrogen-bond donors (Lipinski definition) is 2. The van der Waals surface area contributed by atoms with Crippen LogP contribution in [0.15, 0.2) is 42.5 Å². The molecule has 0 radical (unpaired) electrons. The number of aryl methyl sites for hydroxylation is 1. The molecule has 0 saturated heterocycles. The van der Waals surface area contributed by atoms with Crippen LogP contribution in [0.5, 0.6) is 0 Å². The Labute approximate surface area is 164 Å². The molecule has 8 heteroatoms. The van der Waals surface area contributed by atoms with Crippen molar-refractivity contribution in [3.05, 3.63) is 59.2 Å². The standard InChI is InChI=1S/C20H22N2O5S/c1-4-28(25,26)22-17-10-9-15(11-13(17)2)21-19(24)20(3)12-14-7-5-6-8-16(14)18(23)27-20/h5-11,22H,4,12H2,1-3H3,(H,21,24). The Hall–Kier alpha value is -2.87. The fourth-order valence-electron chi connectivity index (χ4n) is 3.02. The molecule has 0 aliphatic carbocycles. The minimum absolute atomic E-state index is 0.0316. The molecule has 3 rings (SSSR count). The van der Waals surface area contributed by atoms with Gasteiger partial charge in [0.2, 0.25) is 10.0 Å². The first-order chi connectivity index (χ1) is 13.1. The van der Waals surface area contributed by atoms with E-state index in [9.17, 15) is 18.0 Å². The fraction of sp³-hybridized carbons (Fsp3) is 0.300. The number of cyclic esters (lactones) is 1. The van der Waals surface area contributed by atoms with Gasteiger partial charge in [0.1, 0.15) is 0 Å². The van der Waals surface area contributed by atoms with Crippen molar-refractivity contribution in [3.8, 4) is 0 Å². The smallest absolute Gasteiger partial charge is 0.339 e. The van der Waals surface area contributed by atoms with Gasteiger partial charge in [-0.05, 0) is 56.2 Å². The van der Waals surface area contributed by atoms with E-state index in [0.29, 0.717) is 22.5 Å². The topological polar surface area (TPSA) is 102 Å². The molecule has 0 bridgehead atoms. The van der Waals surface area contributed by atoms with Crippen LogP contribution in [0.3, 0.4) is 0 Å². The summed E-state index contributed by atoms with van der Waals surface area (Å²) in [7, 11) is -3.39. The van der Waals surface area contributed by atoms with E-state index in [1.807, 2.05) is 6.07 Å². The van der Waals surface area contributed by atoms with Gasteiger partial charge in [-0.15, -0.1) is 0 Å². The first-order valence-electron chi connectivity index (χ1n) is 8.87. The molecule has 1 aliphatic heterocycles. The lowest BCUT2D eigenvalue weighted by Gasteiger charge is -2.33. The normalized spacial score (nSPS) is 18.8. The number of ether oxygens (including phenoxy) is 1. The lowest BCUT2D eigenvalue weighted by Crippen LogP contribution is -2.48. The van der Waals surface area contributed by atoms with E-state index >= 15 is 0 Å². The third kappa shape index (κ3) is 4.01. The molecule has 28 heavy (non-hydrogen) atoms. The Morgan fingerprint density at radius 3 is 2.61 bits per heavy atom. The predicted octanol–water partition coefficient (Wildman–Crippen LogP) is 2.87. The summed E-state index contributed by atoms with van der Waals surface area (Å²) in [5, 5.41) is 2.75. The fourth-order valence-corrected chi connectivity index (χ4v) is 3.73. The van der Waals surface area contributed by atoms with Crippen molar-refractivity contribution < 1.29 is 22.7 Å². The lowest BCUT2D eigenvalue weighted by atomic mass is 9.89. The van der Waals surface area contributed by atoms with E-state index in [2.05, 4.69) is 10.0 Å². The quantitative estimate of drug-likeness (QED) is 0.749. The number of sulfonamides is 1. The van der Waals surface area contributed by atoms with Gasteiger partial charge in [-0.1, -0.05) is 18.2 Å². The summed E-state index contributed by atoms with van der Waals surface area (Å²) in [6.45, 7) is 4.87. The molecule has 1 heterocycles. The van der Waals surface area contributed by atoms with Crippen LogP contribution < -0.4 is 10.0 Å². The summed E-state index contributed by atoms with van der Waals surface area (Å²) in [5.41, 5.74) is 1.49. The molecule has 0 spiro atoms. The highest BCUT2D eigenvalue weighted by Gasteiger charge is 2.42. The second-order valence-electron chi connectivity index (χ2n) is 6.94. The van der Waals surface area contributed by atoms with Gasteiger partial charge in [0.25, 0.3) is 5.91 Å². The molecule has 1 aliphatic rings. The lowest BCUT2D eigenvalue weighted by molar-refractivity contribution is -0.134. The number of anilines is 2. The molecule has 0 fully saturated rings. The molecule has 1 amide bonds. The molecule has 1 atom stereocenters. The second kappa shape index (κ2) is 7.27. The van der Waals surface area contributed by atoms with E-state index in [4.69, 9.17) is 4.74 Å². The zero-order chi connectivity index (χ0) is 20.5. The summed E-state index contributed by atoms with van der Waals surface area (Å²) < 4.78 is 31.4. The summed E-state index contributed by atoms with van der Waals surface area (Å²) in [6, 6.07) is 11.9. The van der Waals surface area contributed by atoms with Gasteiger partial charge in [-0.3, -0.25) is 9.52 Å². The predicted molar refractivity (Wildman–Crippen MR) is 107 cm³/mol. The minimum atomic E-state index is -3.39. The van der Waals surface area contributed by atoms with Crippen molar-refractivity contribution >= 4 is 33.3 Å². The highest BCUT2D eigenvalue weighted by molar-refractivity contribution is 7.92. The number of hydrogen-bond acceptors (Lipinski definition) is 5. The van der Waals surface area contributed by atoms with Crippen molar-refractivity contribution in [2.24, 2.45) is 0 Å². The maximum absolute atomic E-state index is 12.8. The summed E-state index contributed by atoms with van der Waals surface area (Å²) in [5.74, 6) is -1.01. The van der Waals surface area contributed by atoms with Gasteiger partial charge >= 0.3 is 5.97 Å². The average molecular weight is 402 g/mol. The van der Waals surface area contributed by atoms with Gasteiger partial charge in [0.15, 0.2) is 5.60 Å². The van der Waals surface area contributed by atoms with Crippen LogP contribution in [0.25, 0.3) is 0 Å². The maximum atomic E-state index is 12.8. The van der Waals surface area contributed by atoms with Crippen molar-refractivity contribution in [2.75, 3.05) is 15.8 Å². The summed E-state index contributed by atoms with van der Waals surface area (Å²) >= 11 is 0. The third-order valence-electron chi connectivity index (χ3n) is 4.69. The Bertz CT molecular complexity index is 1050. The van der Waals surface area contributed by atoms with E-state index in [1.165, 1.54) is 0 Å². The highest BCUT2D eigenvalue weighted by Crippen LogP contribution is 2.30. The Morgan fingerprint density at radius 2 is 1.93 bits per heavy atom. The first kappa shape index (κ1) is 19.9. The highest BCUT2D eigenvalue weighted by atomic mass is 32.2. The summed E-state index contributed by atoms with van der Waals surface area (Å²) in [6.07, 6.45) is 0.272. The van der Waals surface area contributed by atoms with Gasteiger partial charge in [-0.2, -0.15) is 0 Å². The number of amides is 1. The molecule has 2 aromatic carbocycles. The van der Waals surface area contributed by atoms with Gasteiger partial charge < -0.3 is 10.1 Å². The van der Waals surface area contributed by atoms with Gasteiger partial charge in [0, 0.05) is 12.1 Å². The van der Waals surface area contributed by atoms with Crippen LogP contribution in [0.1, 0.15) is 35.3 Å².